The summed E-state index contributed by atoms with van der Waals surface area (Å²) in [6.07, 6.45) is 5.83. The zero-order chi connectivity index (χ0) is 17.1. The highest BCUT2D eigenvalue weighted by Gasteiger charge is 2.12. The lowest BCUT2D eigenvalue weighted by Crippen LogP contribution is -2.33. The first-order chi connectivity index (χ1) is 12.3. The standard InChI is InChI=1S/C21H16ClN2O/c22-19-10-8-16(9-11-19)14-24-12-4-7-18(15-24)21-23-13-20(25-21)17-5-2-1-3-6-17/h1-13,15H,14H2/q+1. The second kappa shape index (κ2) is 6.91. The summed E-state index contributed by atoms with van der Waals surface area (Å²) in [7, 11) is 0. The molecule has 0 aliphatic rings. The molecular formula is C21H16ClN2O+. The van der Waals surface area contributed by atoms with Crippen molar-refractivity contribution < 1.29 is 8.98 Å². The minimum atomic E-state index is 0.615. The van der Waals surface area contributed by atoms with E-state index >= 15 is 0 Å². The van der Waals surface area contributed by atoms with Gasteiger partial charge < -0.3 is 4.42 Å². The van der Waals surface area contributed by atoms with Gasteiger partial charge >= 0.3 is 0 Å². The number of benzene rings is 2. The van der Waals surface area contributed by atoms with Crippen molar-refractivity contribution >= 4 is 11.6 Å². The molecule has 0 spiro atoms. The van der Waals surface area contributed by atoms with E-state index in [0.29, 0.717) is 5.89 Å². The maximum atomic E-state index is 5.95. The van der Waals surface area contributed by atoms with Gasteiger partial charge in [-0.25, -0.2) is 4.98 Å². The second-order valence-corrected chi connectivity index (χ2v) is 6.22. The van der Waals surface area contributed by atoms with Crippen molar-refractivity contribution in [1.82, 2.24) is 4.98 Å². The van der Waals surface area contributed by atoms with E-state index in [2.05, 4.69) is 9.55 Å². The van der Waals surface area contributed by atoms with Crippen molar-refractivity contribution in [3.05, 3.63) is 95.9 Å². The van der Waals surface area contributed by atoms with Crippen molar-refractivity contribution in [2.75, 3.05) is 0 Å². The largest absolute Gasteiger partial charge is 0.436 e. The molecule has 4 heteroatoms. The van der Waals surface area contributed by atoms with Gasteiger partial charge in [0.2, 0.25) is 5.89 Å². The van der Waals surface area contributed by atoms with Crippen LogP contribution in [0.4, 0.5) is 0 Å². The molecular weight excluding hydrogens is 332 g/mol. The molecule has 2 heterocycles. The predicted molar refractivity (Wildman–Crippen MR) is 98.1 cm³/mol. The Labute approximate surface area is 151 Å². The van der Waals surface area contributed by atoms with E-state index in [1.807, 2.05) is 79.1 Å². The van der Waals surface area contributed by atoms with E-state index in [-0.39, 0.29) is 0 Å². The molecule has 0 saturated carbocycles. The number of pyridine rings is 1. The van der Waals surface area contributed by atoms with Crippen LogP contribution in [0.2, 0.25) is 5.02 Å². The molecule has 25 heavy (non-hydrogen) atoms. The Hall–Kier alpha value is -2.91. The summed E-state index contributed by atoms with van der Waals surface area (Å²) in [5.74, 6) is 1.38. The molecule has 0 atom stereocenters. The summed E-state index contributed by atoms with van der Waals surface area (Å²) in [5, 5.41) is 0.746. The fourth-order valence-electron chi connectivity index (χ4n) is 2.69. The van der Waals surface area contributed by atoms with Crippen molar-refractivity contribution in [3.63, 3.8) is 0 Å². The van der Waals surface area contributed by atoms with Gasteiger partial charge in [-0.15, -0.1) is 0 Å². The Kier molecular flexibility index (Phi) is 4.32. The van der Waals surface area contributed by atoms with Crippen LogP contribution in [-0.4, -0.2) is 4.98 Å². The zero-order valence-electron chi connectivity index (χ0n) is 13.5. The summed E-state index contributed by atoms with van der Waals surface area (Å²) in [6, 6.07) is 21.8. The van der Waals surface area contributed by atoms with Crippen LogP contribution in [0.25, 0.3) is 22.8 Å². The van der Waals surface area contributed by atoms with Gasteiger partial charge in [-0.2, -0.15) is 4.57 Å². The summed E-state index contributed by atoms with van der Waals surface area (Å²) >= 11 is 5.95. The third-order valence-corrected chi connectivity index (χ3v) is 4.20. The number of halogens is 1. The van der Waals surface area contributed by atoms with Gasteiger partial charge in [-0.05, 0) is 18.2 Å². The molecule has 2 aromatic heterocycles. The lowest BCUT2D eigenvalue weighted by atomic mass is 10.2. The van der Waals surface area contributed by atoms with Crippen molar-refractivity contribution in [1.29, 1.82) is 0 Å². The Morgan fingerprint density at radius 3 is 2.44 bits per heavy atom. The van der Waals surface area contributed by atoms with Crippen LogP contribution in [0.5, 0.6) is 0 Å². The Morgan fingerprint density at radius 2 is 1.64 bits per heavy atom. The minimum absolute atomic E-state index is 0.615. The highest BCUT2D eigenvalue weighted by Crippen LogP contribution is 2.25. The summed E-state index contributed by atoms with van der Waals surface area (Å²) in [4.78, 5) is 4.43. The van der Waals surface area contributed by atoms with Gasteiger partial charge in [0.15, 0.2) is 24.7 Å². The molecule has 0 aliphatic carbocycles. The fraction of sp³-hybridized carbons (Fsp3) is 0.0476. The molecule has 2 aromatic carbocycles. The summed E-state index contributed by atoms with van der Waals surface area (Å²) < 4.78 is 8.04. The normalized spacial score (nSPS) is 10.8. The average molecular weight is 348 g/mol. The van der Waals surface area contributed by atoms with Gasteiger partial charge in [0, 0.05) is 22.2 Å². The molecule has 0 saturated heterocycles. The monoisotopic (exact) mass is 347 g/mol. The van der Waals surface area contributed by atoms with Gasteiger partial charge in [0.1, 0.15) is 5.56 Å². The number of nitrogens with zero attached hydrogens (tertiary/aromatic N) is 2. The Bertz CT molecular complexity index is 978. The van der Waals surface area contributed by atoms with Crippen LogP contribution in [0.15, 0.2) is 89.7 Å². The Balaban J connectivity index is 1.59. The number of oxazole rings is 1. The SMILES string of the molecule is Clc1ccc(C[n+]2cccc(-c3ncc(-c4ccccc4)o3)c2)cc1. The lowest BCUT2D eigenvalue weighted by Gasteiger charge is -2.00. The smallest absolute Gasteiger partial charge is 0.232 e. The van der Waals surface area contributed by atoms with Crippen LogP contribution < -0.4 is 4.57 Å². The number of aromatic nitrogens is 2. The molecule has 0 N–H and O–H groups in total. The van der Waals surface area contributed by atoms with Gasteiger partial charge in [-0.1, -0.05) is 54.1 Å². The van der Waals surface area contributed by atoms with E-state index < -0.39 is 0 Å². The van der Waals surface area contributed by atoms with Gasteiger partial charge in [0.05, 0.1) is 6.20 Å². The first-order valence-corrected chi connectivity index (χ1v) is 8.41. The van der Waals surface area contributed by atoms with Gasteiger partial charge in [-0.3, -0.25) is 0 Å². The highest BCUT2D eigenvalue weighted by molar-refractivity contribution is 6.30. The average Bonchev–Trinajstić information content (AvgIpc) is 3.15. The third-order valence-electron chi connectivity index (χ3n) is 3.95. The zero-order valence-corrected chi connectivity index (χ0v) is 14.2. The first-order valence-electron chi connectivity index (χ1n) is 8.03. The Morgan fingerprint density at radius 1 is 0.880 bits per heavy atom. The topological polar surface area (TPSA) is 29.9 Å². The second-order valence-electron chi connectivity index (χ2n) is 5.79. The maximum absolute atomic E-state index is 5.95. The van der Waals surface area contributed by atoms with Crippen LogP contribution in [0.3, 0.4) is 0 Å². The van der Waals surface area contributed by atoms with Crippen LogP contribution in [-0.2, 0) is 6.54 Å². The summed E-state index contributed by atoms with van der Waals surface area (Å²) in [5.41, 5.74) is 3.15. The maximum Gasteiger partial charge on any atom is 0.232 e. The number of hydrogen-bond acceptors (Lipinski definition) is 2. The minimum Gasteiger partial charge on any atom is -0.436 e. The van der Waals surface area contributed by atoms with Crippen molar-refractivity contribution in [2.45, 2.75) is 6.54 Å². The van der Waals surface area contributed by atoms with Crippen molar-refractivity contribution in [3.8, 4) is 22.8 Å². The van der Waals surface area contributed by atoms with E-state index in [0.717, 1.165) is 28.5 Å². The molecule has 4 aromatic rings. The van der Waals surface area contributed by atoms with E-state index in [4.69, 9.17) is 16.0 Å². The molecule has 122 valence electrons. The van der Waals surface area contributed by atoms with Crippen molar-refractivity contribution in [2.24, 2.45) is 0 Å². The van der Waals surface area contributed by atoms with Crippen LogP contribution >= 0.6 is 11.6 Å². The predicted octanol–water partition coefficient (Wildman–Crippen LogP) is 5.00. The van der Waals surface area contributed by atoms with Gasteiger partial charge in [0.25, 0.3) is 0 Å². The first kappa shape index (κ1) is 15.6. The summed E-state index contributed by atoms with van der Waals surface area (Å²) in [6.45, 7) is 0.761. The van der Waals surface area contributed by atoms with E-state index in [9.17, 15) is 0 Å². The molecule has 0 aliphatic heterocycles. The fourth-order valence-corrected chi connectivity index (χ4v) is 2.82. The van der Waals surface area contributed by atoms with Crippen LogP contribution in [0.1, 0.15) is 5.56 Å². The number of rotatable bonds is 4. The molecule has 0 bridgehead atoms. The molecule has 0 amide bonds. The molecule has 3 nitrogen and oxygen atoms in total. The molecule has 0 unspecified atom stereocenters. The third kappa shape index (κ3) is 3.62. The molecule has 4 rings (SSSR count). The quantitative estimate of drug-likeness (QED) is 0.486. The molecule has 0 radical (unpaired) electrons. The van der Waals surface area contributed by atoms with E-state index in [1.165, 1.54) is 5.56 Å². The lowest BCUT2D eigenvalue weighted by molar-refractivity contribution is -0.687. The number of hydrogen-bond donors (Lipinski definition) is 0. The van der Waals surface area contributed by atoms with E-state index in [1.54, 1.807) is 6.20 Å². The molecule has 0 fully saturated rings. The highest BCUT2D eigenvalue weighted by atomic mass is 35.5. The van der Waals surface area contributed by atoms with Crippen LogP contribution in [0, 0.1) is 0 Å².